The molecular weight excluding hydrogens is 588 g/mol. The van der Waals surface area contributed by atoms with Gasteiger partial charge >= 0.3 is 86.5 Å². The summed E-state index contributed by atoms with van der Waals surface area (Å²) in [5.74, 6) is 0. The first-order valence-corrected chi connectivity index (χ1v) is 14.3. The molecule has 4 nitrogen and oxygen atoms in total. The van der Waals surface area contributed by atoms with Crippen molar-refractivity contribution in [2.24, 2.45) is 0 Å². The Labute approximate surface area is 176 Å². The van der Waals surface area contributed by atoms with Crippen LogP contribution in [-0.4, -0.2) is 59.8 Å². The molecule has 2 heterocycles. The monoisotopic (exact) mass is 600 g/mol. The van der Waals surface area contributed by atoms with Gasteiger partial charge < -0.3 is 0 Å². The van der Waals surface area contributed by atoms with Gasteiger partial charge in [0, 0.05) is 10.4 Å². The van der Waals surface area contributed by atoms with Crippen molar-refractivity contribution in [1.29, 1.82) is 21.0 Å². The first-order chi connectivity index (χ1) is 12.7. The SMILES string of the molecule is C1=C[Se]C(=C2[Se]C=C[Se]2)[Se]1.N#CC(C#N)=c1ccc(=C(C#N)C#N)cc1. The second-order valence-corrected chi connectivity index (χ2v) is 14.7. The summed E-state index contributed by atoms with van der Waals surface area (Å²) in [5.41, 5.74) is 0.00373. The van der Waals surface area contributed by atoms with Crippen LogP contribution in [0.5, 0.6) is 0 Å². The van der Waals surface area contributed by atoms with Gasteiger partial charge in [-0.2, -0.15) is 21.0 Å². The Hall–Kier alpha value is -1.78. The minimum absolute atomic E-state index is 0.00187. The average Bonchev–Trinajstić information content (AvgIpc) is 3.39. The minimum Gasteiger partial charge on any atom is -0.192 e. The Morgan fingerprint density at radius 1 is 0.538 bits per heavy atom. The van der Waals surface area contributed by atoms with Crippen LogP contribution in [0.15, 0.2) is 50.9 Å². The van der Waals surface area contributed by atoms with E-state index < -0.39 is 0 Å². The molecule has 0 saturated heterocycles. The Morgan fingerprint density at radius 3 is 1.04 bits per heavy atom. The summed E-state index contributed by atoms with van der Waals surface area (Å²) >= 11 is 3.07. The van der Waals surface area contributed by atoms with Gasteiger partial charge in [-0.3, -0.25) is 0 Å². The minimum atomic E-state index is 0.00187. The molecule has 0 bridgehead atoms. The van der Waals surface area contributed by atoms with E-state index in [1.54, 1.807) is 24.3 Å². The molecule has 0 aromatic heterocycles. The van der Waals surface area contributed by atoms with Crippen LogP contribution < -0.4 is 10.4 Å². The standard InChI is InChI=1S/C12H4N4.C6H4Se4/c13-5-11(6-14)9-1-2-10(4-3-9)12(7-15)8-16;1-2-8-5(7-1)6-9-3-4-10-6/h1-4H;1-4H. The molecule has 8 heteroatoms. The van der Waals surface area contributed by atoms with Crippen LogP contribution in [0.4, 0.5) is 0 Å². The molecule has 1 aromatic rings. The maximum Gasteiger partial charge on any atom is 0.136 e. The number of hydrogen-bond acceptors (Lipinski definition) is 4. The summed E-state index contributed by atoms with van der Waals surface area (Å²) in [6.07, 6.45) is 0. The van der Waals surface area contributed by atoms with Gasteiger partial charge in [-0.15, -0.1) is 0 Å². The number of benzene rings is 1. The number of nitrogens with zero attached hydrogens (tertiary/aromatic N) is 4. The molecule has 2 aliphatic heterocycles. The first kappa shape index (κ1) is 20.5. The van der Waals surface area contributed by atoms with Crippen LogP contribution in [0.25, 0.3) is 11.1 Å². The van der Waals surface area contributed by atoms with Crippen LogP contribution in [0.2, 0.25) is 0 Å². The average molecular weight is 596 g/mol. The number of nitriles is 4. The molecule has 1 aromatic carbocycles. The normalized spacial score (nSPS) is 13.7. The molecule has 0 aliphatic carbocycles. The van der Waals surface area contributed by atoms with Gasteiger partial charge in [0.25, 0.3) is 0 Å². The van der Waals surface area contributed by atoms with Crippen LogP contribution in [0.3, 0.4) is 0 Å². The molecule has 0 amide bonds. The molecule has 0 N–H and O–H groups in total. The van der Waals surface area contributed by atoms with Crippen LogP contribution in [0.1, 0.15) is 0 Å². The van der Waals surface area contributed by atoms with Crippen LogP contribution in [-0.2, 0) is 0 Å². The number of rotatable bonds is 0. The third kappa shape index (κ3) is 5.61. The van der Waals surface area contributed by atoms with Crippen molar-refractivity contribution in [3.63, 3.8) is 0 Å². The van der Waals surface area contributed by atoms with Gasteiger partial charge in [-0.25, -0.2) is 0 Å². The summed E-state index contributed by atoms with van der Waals surface area (Å²) in [5, 5.41) is 35.5. The Morgan fingerprint density at radius 2 is 0.808 bits per heavy atom. The van der Waals surface area contributed by atoms with E-state index in [4.69, 9.17) is 21.0 Å². The van der Waals surface area contributed by atoms with E-state index in [-0.39, 0.29) is 11.1 Å². The molecule has 0 atom stereocenters. The van der Waals surface area contributed by atoms with E-state index in [1.807, 2.05) is 6.74 Å². The molecule has 0 radical (unpaired) electrons. The topological polar surface area (TPSA) is 95.2 Å². The Bertz CT molecular complexity index is 924. The van der Waals surface area contributed by atoms with Crippen molar-refractivity contribution in [2.45, 2.75) is 0 Å². The molecule has 0 saturated carbocycles. The van der Waals surface area contributed by atoms with E-state index >= 15 is 0 Å². The molecule has 3 rings (SSSR count). The quantitative estimate of drug-likeness (QED) is 0.394. The summed E-state index contributed by atoms with van der Waals surface area (Å²) in [7, 11) is 0. The third-order valence-corrected chi connectivity index (χ3v) is 17.2. The van der Waals surface area contributed by atoms with E-state index in [0.29, 0.717) is 10.4 Å². The maximum absolute atomic E-state index is 8.63. The summed E-state index contributed by atoms with van der Waals surface area (Å²) < 4.78 is 3.70. The predicted octanol–water partition coefficient (Wildman–Crippen LogP) is -0.0183. The largest absolute Gasteiger partial charge is 0.192 e. The first-order valence-electron chi connectivity index (χ1n) is 6.89. The van der Waals surface area contributed by atoms with E-state index in [2.05, 4.69) is 19.9 Å². The zero-order valence-corrected chi connectivity index (χ0v) is 19.9. The fourth-order valence-electron chi connectivity index (χ4n) is 1.72. The van der Waals surface area contributed by atoms with Gasteiger partial charge in [0.1, 0.15) is 35.4 Å². The molecule has 0 spiro atoms. The zero-order chi connectivity index (χ0) is 18.8. The Kier molecular flexibility index (Phi) is 8.72. The van der Waals surface area contributed by atoms with Crippen molar-refractivity contribution in [3.05, 3.63) is 61.3 Å². The second-order valence-electron chi connectivity index (χ2n) is 4.37. The molecular formula is C18H8N4Se4. The predicted molar refractivity (Wildman–Crippen MR) is 103 cm³/mol. The summed E-state index contributed by atoms with van der Waals surface area (Å²) in [6.45, 7) is 0. The van der Waals surface area contributed by atoms with Crippen molar-refractivity contribution < 1.29 is 0 Å². The van der Waals surface area contributed by atoms with E-state index in [0.717, 1.165) is 59.8 Å². The molecule has 124 valence electrons. The van der Waals surface area contributed by atoms with Gasteiger partial charge in [0.15, 0.2) is 0 Å². The number of hydrogen-bond donors (Lipinski definition) is 0. The zero-order valence-electron chi connectivity index (χ0n) is 13.0. The molecule has 2 aliphatic rings. The van der Waals surface area contributed by atoms with E-state index in [9.17, 15) is 0 Å². The molecule has 26 heavy (non-hydrogen) atoms. The van der Waals surface area contributed by atoms with E-state index in [1.165, 1.54) is 24.3 Å². The van der Waals surface area contributed by atoms with Gasteiger partial charge in [-0.05, 0) is 0 Å². The van der Waals surface area contributed by atoms with Gasteiger partial charge in [-0.1, -0.05) is 24.3 Å². The second kappa shape index (κ2) is 11.0. The summed E-state index contributed by atoms with van der Waals surface area (Å²) in [6, 6.07) is 13.2. The van der Waals surface area contributed by atoms with Crippen molar-refractivity contribution >= 4 is 71.0 Å². The molecule has 0 fully saturated rings. The van der Waals surface area contributed by atoms with Crippen molar-refractivity contribution in [2.75, 3.05) is 0 Å². The maximum atomic E-state index is 8.63. The van der Waals surface area contributed by atoms with Crippen molar-refractivity contribution in [3.8, 4) is 24.3 Å². The summed E-state index contributed by atoms with van der Waals surface area (Å²) in [4.78, 5) is 9.55. The third-order valence-electron chi connectivity index (χ3n) is 2.89. The van der Waals surface area contributed by atoms with Crippen LogP contribution in [0, 0.1) is 45.3 Å². The Balaban J connectivity index is 0.000000206. The fraction of sp³-hybridized carbons (Fsp3) is 0. The molecule has 0 unspecified atom stereocenters. The van der Waals surface area contributed by atoms with Crippen molar-refractivity contribution in [1.82, 2.24) is 0 Å². The van der Waals surface area contributed by atoms with Gasteiger partial charge in [0.05, 0.1) is 0 Å². The smallest absolute Gasteiger partial charge is 0.136 e. The van der Waals surface area contributed by atoms with Crippen LogP contribution >= 0.6 is 0 Å². The fourth-order valence-corrected chi connectivity index (χ4v) is 14.5. The van der Waals surface area contributed by atoms with Gasteiger partial charge in [0.2, 0.25) is 0 Å².